The molecule has 3 heteroatoms. The first kappa shape index (κ1) is 12.8. The number of thioether (sulfide) groups is 1. The first-order chi connectivity index (χ1) is 5.65. The van der Waals surface area contributed by atoms with Gasteiger partial charge in [0.15, 0.2) is 0 Å². The van der Waals surface area contributed by atoms with Crippen molar-refractivity contribution >= 4 is 17.7 Å². The van der Waals surface area contributed by atoms with E-state index in [9.17, 15) is 4.79 Å². The molecule has 0 saturated heterocycles. The fourth-order valence-electron chi connectivity index (χ4n) is 0.719. The van der Waals surface area contributed by atoms with Crippen molar-refractivity contribution in [1.82, 2.24) is 0 Å². The van der Waals surface area contributed by atoms with Gasteiger partial charge in [-0.2, -0.15) is 11.8 Å². The van der Waals surface area contributed by atoms with Crippen LogP contribution >= 0.6 is 11.8 Å². The Morgan fingerprint density at radius 2 is 1.69 bits per heavy atom. The van der Waals surface area contributed by atoms with Gasteiger partial charge in [-0.15, -0.1) is 0 Å². The molecule has 0 heterocycles. The van der Waals surface area contributed by atoms with E-state index in [0.29, 0.717) is 0 Å². The first-order valence-corrected chi connectivity index (χ1v) is 5.51. The Morgan fingerprint density at radius 3 is 2.00 bits per heavy atom. The molecule has 0 aromatic carbocycles. The van der Waals surface area contributed by atoms with Crippen molar-refractivity contribution in [3.8, 4) is 0 Å². The van der Waals surface area contributed by atoms with Gasteiger partial charge in [0.25, 0.3) is 0 Å². The van der Waals surface area contributed by atoms with Crippen molar-refractivity contribution < 1.29 is 9.90 Å². The van der Waals surface area contributed by atoms with Gasteiger partial charge in [0.05, 0.1) is 5.41 Å². The number of rotatable bonds is 4. The Labute approximate surface area is 85.1 Å². The normalized spacial score (nSPS) is 13.0. The van der Waals surface area contributed by atoms with Crippen LogP contribution in [0.5, 0.6) is 0 Å². The highest BCUT2D eigenvalue weighted by molar-refractivity contribution is 8.00. The molecule has 0 unspecified atom stereocenters. The molecule has 0 aromatic heterocycles. The summed E-state index contributed by atoms with van der Waals surface area (Å²) in [6, 6.07) is 0. The highest BCUT2D eigenvalue weighted by Crippen LogP contribution is 2.29. The van der Waals surface area contributed by atoms with Crippen LogP contribution in [-0.2, 0) is 4.79 Å². The van der Waals surface area contributed by atoms with Crippen LogP contribution in [0.1, 0.15) is 41.0 Å². The molecule has 78 valence electrons. The molecular weight excluding hydrogens is 184 g/mol. The monoisotopic (exact) mass is 204 g/mol. The number of hydrogen-bond acceptors (Lipinski definition) is 2. The molecule has 0 aromatic rings. The third-order valence-corrected chi connectivity index (χ3v) is 3.12. The van der Waals surface area contributed by atoms with E-state index in [1.807, 2.05) is 11.8 Å². The highest BCUT2D eigenvalue weighted by atomic mass is 32.2. The molecule has 2 nitrogen and oxygen atoms in total. The van der Waals surface area contributed by atoms with Crippen molar-refractivity contribution in [2.75, 3.05) is 5.75 Å². The summed E-state index contributed by atoms with van der Waals surface area (Å²) in [7, 11) is 0. The van der Waals surface area contributed by atoms with E-state index in [4.69, 9.17) is 5.11 Å². The third kappa shape index (κ3) is 5.97. The van der Waals surface area contributed by atoms with Crippen LogP contribution in [0.2, 0.25) is 0 Å². The molecule has 0 saturated carbocycles. The molecule has 0 rings (SSSR count). The first-order valence-electron chi connectivity index (χ1n) is 4.52. The van der Waals surface area contributed by atoms with Gasteiger partial charge in [0, 0.05) is 4.75 Å². The van der Waals surface area contributed by atoms with Crippen molar-refractivity contribution in [3.05, 3.63) is 0 Å². The molecule has 13 heavy (non-hydrogen) atoms. The number of carboxylic acid groups (broad SMARTS) is 1. The van der Waals surface area contributed by atoms with E-state index < -0.39 is 11.4 Å². The molecular formula is C10H20O2S. The highest BCUT2D eigenvalue weighted by Gasteiger charge is 2.27. The van der Waals surface area contributed by atoms with Gasteiger partial charge < -0.3 is 5.11 Å². The van der Waals surface area contributed by atoms with E-state index in [-0.39, 0.29) is 4.75 Å². The van der Waals surface area contributed by atoms with Crippen LogP contribution in [0.25, 0.3) is 0 Å². The van der Waals surface area contributed by atoms with Crippen LogP contribution in [0.15, 0.2) is 0 Å². The van der Waals surface area contributed by atoms with Gasteiger partial charge in [0.2, 0.25) is 0 Å². The molecule has 0 aliphatic rings. The fraction of sp³-hybridized carbons (Fsp3) is 0.900. The molecule has 1 N–H and O–H groups in total. The zero-order valence-corrected chi connectivity index (χ0v) is 9.99. The lowest BCUT2D eigenvalue weighted by molar-refractivity contribution is -0.146. The van der Waals surface area contributed by atoms with E-state index >= 15 is 0 Å². The standard InChI is InChI=1S/C10H20O2S/c1-9(2,3)13-7-6-10(4,5)8(11)12/h6-7H2,1-5H3,(H,11,12). The number of hydrogen-bond donors (Lipinski definition) is 1. The predicted molar refractivity (Wildman–Crippen MR) is 58.2 cm³/mol. The SMILES string of the molecule is CC(C)(C)SCCC(C)(C)C(=O)O. The minimum Gasteiger partial charge on any atom is -0.481 e. The molecule has 0 amide bonds. The van der Waals surface area contributed by atoms with Crippen molar-refractivity contribution in [2.45, 2.75) is 45.8 Å². The molecule has 0 radical (unpaired) electrons. The Morgan fingerprint density at radius 1 is 1.23 bits per heavy atom. The summed E-state index contributed by atoms with van der Waals surface area (Å²) in [6.07, 6.45) is 0.726. The second-order valence-corrected chi connectivity index (χ2v) is 6.82. The van der Waals surface area contributed by atoms with Gasteiger partial charge in [-0.25, -0.2) is 0 Å². The smallest absolute Gasteiger partial charge is 0.309 e. The number of carbonyl (C=O) groups is 1. The topological polar surface area (TPSA) is 37.3 Å². The van der Waals surface area contributed by atoms with Crippen molar-refractivity contribution in [2.24, 2.45) is 5.41 Å². The second kappa shape index (κ2) is 4.36. The van der Waals surface area contributed by atoms with Gasteiger partial charge in [0.1, 0.15) is 0 Å². The maximum absolute atomic E-state index is 10.8. The maximum atomic E-state index is 10.8. The van der Waals surface area contributed by atoms with Crippen LogP contribution in [0.4, 0.5) is 0 Å². The Kier molecular flexibility index (Phi) is 4.30. The fourth-order valence-corrected chi connectivity index (χ4v) is 1.94. The summed E-state index contributed by atoms with van der Waals surface area (Å²) in [5, 5.41) is 8.86. The van der Waals surface area contributed by atoms with Gasteiger partial charge in [-0.05, 0) is 26.0 Å². The quantitative estimate of drug-likeness (QED) is 0.765. The molecule has 0 aliphatic carbocycles. The molecule has 0 fully saturated rings. The number of carboxylic acids is 1. The van der Waals surface area contributed by atoms with Crippen LogP contribution in [0, 0.1) is 5.41 Å². The van der Waals surface area contributed by atoms with E-state index in [0.717, 1.165) is 12.2 Å². The summed E-state index contributed by atoms with van der Waals surface area (Å²) >= 11 is 1.81. The van der Waals surface area contributed by atoms with Crippen molar-refractivity contribution in [3.63, 3.8) is 0 Å². The molecule has 0 spiro atoms. The lowest BCUT2D eigenvalue weighted by Crippen LogP contribution is -2.25. The van der Waals surface area contributed by atoms with Crippen LogP contribution in [-0.4, -0.2) is 21.6 Å². The van der Waals surface area contributed by atoms with Gasteiger partial charge in [-0.1, -0.05) is 20.8 Å². The van der Waals surface area contributed by atoms with Crippen LogP contribution < -0.4 is 0 Å². The summed E-state index contributed by atoms with van der Waals surface area (Å²) in [6.45, 7) is 9.99. The second-order valence-electron chi connectivity index (χ2n) is 4.90. The number of aliphatic carboxylic acids is 1. The maximum Gasteiger partial charge on any atom is 0.309 e. The van der Waals surface area contributed by atoms with Gasteiger partial charge >= 0.3 is 5.97 Å². The largest absolute Gasteiger partial charge is 0.481 e. The Bertz CT molecular complexity index is 180. The lowest BCUT2D eigenvalue weighted by Gasteiger charge is -2.22. The Hall–Kier alpha value is -0.180. The van der Waals surface area contributed by atoms with E-state index in [2.05, 4.69) is 20.8 Å². The Balaban J connectivity index is 3.84. The summed E-state index contributed by atoms with van der Waals surface area (Å²) in [4.78, 5) is 10.8. The summed E-state index contributed by atoms with van der Waals surface area (Å²) in [5.41, 5.74) is -0.585. The summed E-state index contributed by atoms with van der Waals surface area (Å²) < 4.78 is 0.231. The van der Waals surface area contributed by atoms with Crippen LogP contribution in [0.3, 0.4) is 0 Å². The zero-order chi connectivity index (χ0) is 10.7. The molecule has 0 aliphatic heterocycles. The third-order valence-electron chi connectivity index (χ3n) is 1.84. The van der Waals surface area contributed by atoms with Gasteiger partial charge in [-0.3, -0.25) is 4.79 Å². The minimum atomic E-state index is -0.706. The predicted octanol–water partition coefficient (Wildman–Crippen LogP) is 3.02. The summed E-state index contributed by atoms with van der Waals surface area (Å²) in [5.74, 6) is 0.199. The average molecular weight is 204 g/mol. The van der Waals surface area contributed by atoms with Crippen molar-refractivity contribution in [1.29, 1.82) is 0 Å². The van der Waals surface area contributed by atoms with E-state index in [1.165, 1.54) is 0 Å². The molecule has 0 bridgehead atoms. The minimum absolute atomic E-state index is 0.231. The lowest BCUT2D eigenvalue weighted by atomic mass is 9.91. The molecule has 0 atom stereocenters. The average Bonchev–Trinajstić information content (AvgIpc) is 1.82. The van der Waals surface area contributed by atoms with E-state index in [1.54, 1.807) is 13.8 Å². The zero-order valence-electron chi connectivity index (χ0n) is 9.18.